The van der Waals surface area contributed by atoms with Gasteiger partial charge in [0.2, 0.25) is 0 Å². The minimum Gasteiger partial charge on any atom is -2.00 e. The van der Waals surface area contributed by atoms with Crippen LogP contribution in [-0.2, 0) is 0 Å². The molecule has 0 spiro atoms. The van der Waals surface area contributed by atoms with Gasteiger partial charge in [0.15, 0.2) is 0 Å². The quantitative estimate of drug-likeness (QED) is 0.323. The van der Waals surface area contributed by atoms with Gasteiger partial charge in [-0.05, 0) is 0 Å². The normalized spacial score (nSPS) is 0. The fraction of sp³-hybridized carbons (Fsp3) is 0. The molecule has 5 heavy (non-hydrogen) atoms. The third-order valence-corrected chi connectivity index (χ3v) is 0. The van der Waals surface area contributed by atoms with Gasteiger partial charge in [-0.2, -0.15) is 0 Å². The molecule has 0 atom stereocenters. The first-order chi connectivity index (χ1) is 0. The van der Waals surface area contributed by atoms with Crippen molar-refractivity contribution in [2.75, 3.05) is 0 Å². The Bertz CT molecular complexity index is 4.85. The second-order valence-electron chi connectivity index (χ2n) is 0. The average Bonchev–Trinajstić information content (AvgIpc) is 0. The monoisotopic (exact) mass is 572 g/mol. The molecule has 0 saturated carbocycles. The second-order valence-corrected chi connectivity index (χ2v) is 0. The van der Waals surface area contributed by atoms with E-state index in [2.05, 4.69) is 0 Å². The molecule has 42 valence electrons. The Morgan fingerprint density at radius 1 is 0.400 bits per heavy atom. The molecule has 0 aromatic heterocycles. The molecule has 0 nitrogen and oxygen atoms in total. The summed E-state index contributed by atoms with van der Waals surface area (Å²) in [6.45, 7) is 0. The van der Waals surface area contributed by atoms with Crippen molar-refractivity contribution >= 4 is 51.2 Å². The summed E-state index contributed by atoms with van der Waals surface area (Å²) in [6.07, 6.45) is 0. The topological polar surface area (TPSA) is 0 Å². The van der Waals surface area contributed by atoms with Gasteiger partial charge in [0.25, 0.3) is 0 Å². The molecule has 0 rings (SSSR count). The Morgan fingerprint density at radius 3 is 0.400 bits per heavy atom. The van der Waals surface area contributed by atoms with Crippen LogP contribution in [0.4, 0.5) is 0 Å². The molecule has 0 N–H and O–H groups in total. The smallest absolute Gasteiger partial charge is 2.00 e. The van der Waals surface area contributed by atoms with Gasteiger partial charge in [0.05, 0.1) is 0 Å². The van der Waals surface area contributed by atoms with E-state index < -0.39 is 0 Å². The maximum absolute atomic E-state index is 0. The van der Waals surface area contributed by atoms with Gasteiger partial charge < -0.3 is 51.2 Å². The molecule has 0 aliphatic carbocycles. The van der Waals surface area contributed by atoms with E-state index in [1.54, 1.807) is 0 Å². The van der Waals surface area contributed by atoms with Gasteiger partial charge in [0.1, 0.15) is 0 Å². The molecule has 0 fully saturated rings. The van der Waals surface area contributed by atoms with Crippen LogP contribution < -0.4 is 0 Å². The number of hydrogen-bond acceptors (Lipinski definition) is 0. The first kappa shape index (κ1) is 35.7. The number of rotatable bonds is 0. The molecule has 0 heterocycles. The van der Waals surface area contributed by atoms with Crippen molar-refractivity contribution in [2.45, 2.75) is 0 Å². The zero-order chi connectivity index (χ0) is 0. The molecule has 0 amide bonds. The molecule has 0 unspecified atom stereocenters. The Kier molecular flexibility index (Phi) is 174. The fourth-order valence-corrected chi connectivity index (χ4v) is 0. The zero-order valence-electron chi connectivity index (χ0n) is 1.80. The molecular formula is Er2Se3. The number of hydrogen-bond donors (Lipinski definition) is 0. The van der Waals surface area contributed by atoms with Gasteiger partial charge in [-0.3, -0.25) is 0 Å². The largest absolute Gasteiger partial charge is 3.00 e. The predicted molar refractivity (Wildman–Crippen MR) is 17.3 cm³/mol. The molecular weight excluding hydrogens is 571 g/mol. The summed E-state index contributed by atoms with van der Waals surface area (Å²) in [4.78, 5) is 0. The standard InChI is InChI=1S/2Er.3Se/q2*+3;3*-2. The molecule has 0 bridgehead atoms. The predicted octanol–water partition coefficient (Wildman–Crippen LogP) is -1.14. The van der Waals surface area contributed by atoms with Crippen LogP contribution >= 0.6 is 0 Å². The first-order valence-corrected chi connectivity index (χ1v) is 0. The molecule has 0 aromatic rings. The van der Waals surface area contributed by atoms with Gasteiger partial charge in [-0.25, -0.2) is 0 Å². The summed E-state index contributed by atoms with van der Waals surface area (Å²) in [5.74, 6) is 0. The third kappa shape index (κ3) is 18.0. The molecule has 5 heteroatoms. The van der Waals surface area contributed by atoms with Crippen LogP contribution in [0.1, 0.15) is 0 Å². The van der Waals surface area contributed by atoms with Crippen LogP contribution in [0, 0.1) is 74.6 Å². The molecule has 0 saturated heterocycles. The van der Waals surface area contributed by atoms with Crippen LogP contribution in [0.2, 0.25) is 0 Å². The Balaban J connectivity index is 0. The van der Waals surface area contributed by atoms with Crippen LogP contribution in [0.25, 0.3) is 0 Å². The molecule has 2 radical (unpaired) electrons. The molecule has 0 aliphatic rings. The summed E-state index contributed by atoms with van der Waals surface area (Å²) >= 11 is 0. The van der Waals surface area contributed by atoms with E-state index in [9.17, 15) is 0 Å². The van der Waals surface area contributed by atoms with Gasteiger partial charge in [0, 0.05) is 0 Å². The van der Waals surface area contributed by atoms with E-state index in [-0.39, 0.29) is 126 Å². The van der Waals surface area contributed by atoms with Crippen LogP contribution in [0.3, 0.4) is 0 Å². The van der Waals surface area contributed by atoms with Crippen molar-refractivity contribution in [1.82, 2.24) is 0 Å². The average molecular weight is 571 g/mol. The van der Waals surface area contributed by atoms with Crippen molar-refractivity contribution in [3.8, 4) is 0 Å². The van der Waals surface area contributed by atoms with Crippen molar-refractivity contribution in [3.05, 3.63) is 0 Å². The van der Waals surface area contributed by atoms with Crippen molar-refractivity contribution in [2.24, 2.45) is 0 Å². The Labute approximate surface area is 123 Å². The van der Waals surface area contributed by atoms with E-state index in [1.807, 2.05) is 0 Å². The van der Waals surface area contributed by atoms with E-state index in [4.69, 9.17) is 0 Å². The van der Waals surface area contributed by atoms with Gasteiger partial charge in [-0.15, -0.1) is 0 Å². The fourth-order valence-electron chi connectivity index (χ4n) is 0. The maximum Gasteiger partial charge on any atom is 3.00 e. The second kappa shape index (κ2) is 24.4. The van der Waals surface area contributed by atoms with E-state index >= 15 is 0 Å². The van der Waals surface area contributed by atoms with Crippen molar-refractivity contribution < 1.29 is 74.6 Å². The van der Waals surface area contributed by atoms with Gasteiger partial charge >= 0.3 is 74.6 Å². The minimum atomic E-state index is 0. The summed E-state index contributed by atoms with van der Waals surface area (Å²) in [6, 6.07) is 0. The van der Waals surface area contributed by atoms with Crippen molar-refractivity contribution in [1.29, 1.82) is 0 Å². The first-order valence-electron chi connectivity index (χ1n) is 0. The van der Waals surface area contributed by atoms with Crippen LogP contribution in [0.5, 0.6) is 0 Å². The van der Waals surface area contributed by atoms with E-state index in [0.717, 1.165) is 0 Å². The Morgan fingerprint density at radius 2 is 0.400 bits per heavy atom. The zero-order valence-corrected chi connectivity index (χ0v) is 10.6. The van der Waals surface area contributed by atoms with Crippen LogP contribution in [0.15, 0.2) is 0 Å². The summed E-state index contributed by atoms with van der Waals surface area (Å²) in [5.41, 5.74) is 0. The molecule has 0 aliphatic heterocycles. The van der Waals surface area contributed by atoms with E-state index in [0.29, 0.717) is 0 Å². The maximum atomic E-state index is 0. The Hall–Kier alpha value is 4.05. The van der Waals surface area contributed by atoms with Gasteiger partial charge in [-0.1, -0.05) is 0 Å². The summed E-state index contributed by atoms with van der Waals surface area (Å²) in [5, 5.41) is 0. The third-order valence-electron chi connectivity index (χ3n) is 0. The van der Waals surface area contributed by atoms with E-state index in [1.165, 1.54) is 0 Å². The summed E-state index contributed by atoms with van der Waals surface area (Å²) in [7, 11) is 0. The summed E-state index contributed by atoms with van der Waals surface area (Å²) < 4.78 is 0. The minimum absolute atomic E-state index is 0. The molecule has 0 aromatic carbocycles. The SMILES string of the molecule is [Er+3].[Er+3].[Se-2].[Se-2].[Se-2]. The van der Waals surface area contributed by atoms with Crippen molar-refractivity contribution in [3.63, 3.8) is 0 Å². The van der Waals surface area contributed by atoms with Crippen LogP contribution in [-0.4, -0.2) is 51.2 Å².